The number of ether oxygens (including phenoxy) is 10. The first-order chi connectivity index (χ1) is 36.6. The van der Waals surface area contributed by atoms with E-state index in [2.05, 4.69) is 34.6 Å². The fourth-order valence-electron chi connectivity index (χ4n) is 17.9. The molecule has 10 rings (SSSR count). The maximum absolute atomic E-state index is 12.6. The highest BCUT2D eigenvalue weighted by Crippen LogP contribution is 2.81. The number of aliphatic hydroxyl groups is 13. The van der Waals surface area contributed by atoms with Gasteiger partial charge in [0, 0.05) is 23.7 Å². The molecule has 3 unspecified atom stereocenters. The van der Waals surface area contributed by atoms with Crippen LogP contribution < -0.4 is 0 Å². The molecule has 5 aliphatic carbocycles. The molecule has 13 N–H and O–H groups in total. The highest BCUT2D eigenvalue weighted by Gasteiger charge is 2.82. The summed E-state index contributed by atoms with van der Waals surface area (Å²) >= 11 is 0. The predicted octanol–water partition coefficient (Wildman–Crippen LogP) is -2.56. The zero-order valence-corrected chi connectivity index (χ0v) is 45.8. The number of esters is 1. The third-order valence-electron chi connectivity index (χ3n) is 22.3. The van der Waals surface area contributed by atoms with Gasteiger partial charge in [-0.3, -0.25) is 4.79 Å². The van der Waals surface area contributed by atoms with E-state index in [-0.39, 0.29) is 46.6 Å². The Kier molecular flexibility index (Phi) is 16.3. The van der Waals surface area contributed by atoms with Crippen molar-refractivity contribution in [2.45, 2.75) is 241 Å². The predicted molar refractivity (Wildman–Crippen MR) is 263 cm³/mol. The molecule has 5 saturated heterocycles. The molecule has 0 aromatic rings. The van der Waals surface area contributed by atoms with Gasteiger partial charge < -0.3 is 114 Å². The molecule has 0 amide bonds. The average Bonchev–Trinajstić information content (AvgIpc) is 3.85. The number of carbonyl (C=O) groups is 1. The summed E-state index contributed by atoms with van der Waals surface area (Å²) in [6, 6.07) is 0. The van der Waals surface area contributed by atoms with Crippen molar-refractivity contribution in [1.29, 1.82) is 0 Å². The van der Waals surface area contributed by atoms with E-state index < -0.39 is 177 Å². The van der Waals surface area contributed by atoms with Gasteiger partial charge in [-0.1, -0.05) is 41.5 Å². The maximum Gasteiger partial charge on any atom is 0.302 e. The van der Waals surface area contributed by atoms with E-state index in [0.29, 0.717) is 38.7 Å². The SMILES string of the molecule is CC(=O)O[C@@H]1CC(C)(C)CC2[C@@]13CO[C@]21CCC2[C@]4(C)CC[C@@H](O[C@H]5OC[C@@H](O[C@H]6O[C@@H](CO)[C@H](O)[C@@H](O)[C@@H]6O[C@H]6OC[C@H](O)[C@@H](O)[C@@H]6O)[C@@H](O)[C@@H]5O[C@H]5O[C@@H](CO)[C@H](O)[C@@H](O)[C@@H]5O)[C@](C)(CO)C4CC[C@]2(C)[C@@]1(C)C[C@@H]3O. The maximum atomic E-state index is 12.6. The fourth-order valence-corrected chi connectivity index (χ4v) is 17.9. The Balaban J connectivity index is 0.915. The molecule has 1 spiro atoms. The summed E-state index contributed by atoms with van der Waals surface area (Å²) in [7, 11) is 0. The van der Waals surface area contributed by atoms with Crippen LogP contribution in [0.3, 0.4) is 0 Å². The van der Waals surface area contributed by atoms with Crippen LogP contribution in [0.5, 0.6) is 0 Å². The minimum atomic E-state index is -1.93. The van der Waals surface area contributed by atoms with E-state index in [4.69, 9.17) is 47.4 Å². The zero-order valence-electron chi connectivity index (χ0n) is 45.8. The monoisotopic (exact) mass is 1120 g/mol. The van der Waals surface area contributed by atoms with Crippen LogP contribution in [0.15, 0.2) is 0 Å². The number of fused-ring (bicyclic) bond motifs is 4. The van der Waals surface area contributed by atoms with Crippen molar-refractivity contribution in [2.75, 3.05) is 39.6 Å². The first-order valence-electron chi connectivity index (χ1n) is 28.2. The summed E-state index contributed by atoms with van der Waals surface area (Å²) in [5, 5.41) is 143. The number of hydrogen-bond donors (Lipinski definition) is 13. The lowest BCUT2D eigenvalue weighted by atomic mass is 9.30. The van der Waals surface area contributed by atoms with Gasteiger partial charge in [-0.05, 0) is 85.9 Å². The van der Waals surface area contributed by atoms with Crippen LogP contribution in [0, 0.1) is 50.2 Å². The molecule has 0 aromatic carbocycles. The molecule has 5 saturated carbocycles. The van der Waals surface area contributed by atoms with Crippen molar-refractivity contribution in [3.8, 4) is 0 Å². The molecular formula is C54H88O24. The lowest BCUT2D eigenvalue weighted by Gasteiger charge is -2.75. The molecular weight excluding hydrogens is 1030 g/mol. The van der Waals surface area contributed by atoms with Crippen LogP contribution in [-0.4, -0.2) is 247 Å². The fraction of sp³-hybridized carbons (Fsp3) is 0.981. The van der Waals surface area contributed by atoms with Crippen molar-refractivity contribution >= 4 is 5.97 Å². The van der Waals surface area contributed by atoms with E-state index in [1.54, 1.807) is 0 Å². The molecule has 24 nitrogen and oxygen atoms in total. The largest absolute Gasteiger partial charge is 0.462 e. The van der Waals surface area contributed by atoms with Crippen molar-refractivity contribution < 1.29 is 119 Å². The molecule has 0 radical (unpaired) electrons. The second-order valence-electron chi connectivity index (χ2n) is 26.7. The van der Waals surface area contributed by atoms with Crippen LogP contribution in [0.1, 0.15) is 106 Å². The molecule has 448 valence electrons. The Hall–Kier alpha value is -1.41. The molecule has 10 aliphatic rings. The summed E-state index contributed by atoms with van der Waals surface area (Å²) in [5.74, 6) is -0.425. The Morgan fingerprint density at radius 1 is 0.564 bits per heavy atom. The van der Waals surface area contributed by atoms with Crippen LogP contribution in [0.4, 0.5) is 0 Å². The molecule has 0 aromatic heterocycles. The Labute approximate surface area is 454 Å². The van der Waals surface area contributed by atoms with E-state index in [1.807, 2.05) is 6.92 Å². The van der Waals surface area contributed by atoms with Gasteiger partial charge in [-0.2, -0.15) is 0 Å². The van der Waals surface area contributed by atoms with Crippen LogP contribution in [0.25, 0.3) is 0 Å². The normalized spacial score (nSPS) is 56.7. The molecule has 2 bridgehead atoms. The lowest BCUT2D eigenvalue weighted by Crippen LogP contribution is -2.75. The Bertz CT molecular complexity index is 2140. The van der Waals surface area contributed by atoms with Gasteiger partial charge >= 0.3 is 5.97 Å². The summed E-state index contributed by atoms with van der Waals surface area (Å²) in [4.78, 5) is 12.6. The lowest BCUT2D eigenvalue weighted by molar-refractivity contribution is -0.393. The number of rotatable bonds is 12. The Morgan fingerprint density at radius 3 is 1.85 bits per heavy atom. The summed E-state index contributed by atoms with van der Waals surface area (Å²) < 4.78 is 61.9. The standard InChI is InChI=1S/C54H88O24/c1-23(58)72-33-16-48(2,3)14-30-53(33)22-71-54(30)13-9-29-49(4)11-10-32(50(5,21-57)28(49)8-12-51(29,6)52(54,7)15-31(53)60)76-46-42(78-45-41(68)38(65)35(62)25(17-55)73-45)37(64)27(20-70-46)75-47-43(39(66)36(63)26(18-56)74-47)77-44-40(67)34(61)24(59)19-69-44/h24-47,55-57,59-68H,8-22H2,1-7H3/t24-,25-,26-,27+,28?,29?,30?,31-,32+,33+,34+,35-,36-,37+,38+,39+,40-,41-,42-,43-,44+,45+,46+,47+,49+,50+,51-,52+,53+,54+/m0/s1. The van der Waals surface area contributed by atoms with Crippen LogP contribution in [-0.2, 0) is 52.2 Å². The smallest absolute Gasteiger partial charge is 0.302 e. The zero-order chi connectivity index (χ0) is 56.6. The number of hydrogen-bond acceptors (Lipinski definition) is 24. The first kappa shape index (κ1) is 59.7. The molecule has 10 fully saturated rings. The van der Waals surface area contributed by atoms with Gasteiger partial charge in [0.15, 0.2) is 25.2 Å². The molecule has 78 heavy (non-hydrogen) atoms. The first-order valence-corrected chi connectivity index (χ1v) is 28.2. The minimum Gasteiger partial charge on any atom is -0.462 e. The molecule has 30 atom stereocenters. The minimum absolute atomic E-state index is 0.0473. The van der Waals surface area contributed by atoms with Crippen molar-refractivity contribution in [3.05, 3.63) is 0 Å². The van der Waals surface area contributed by atoms with Crippen molar-refractivity contribution in [2.24, 2.45) is 50.2 Å². The highest BCUT2D eigenvalue weighted by molar-refractivity contribution is 5.66. The third kappa shape index (κ3) is 9.02. The second kappa shape index (κ2) is 21.3. The quantitative estimate of drug-likeness (QED) is 0.0706. The van der Waals surface area contributed by atoms with E-state index >= 15 is 0 Å². The average molecular weight is 1120 g/mol. The van der Waals surface area contributed by atoms with Crippen LogP contribution >= 0.6 is 0 Å². The van der Waals surface area contributed by atoms with Gasteiger partial charge in [0.1, 0.15) is 91.6 Å². The topological polar surface area (TPSA) is 372 Å². The van der Waals surface area contributed by atoms with Crippen LogP contribution in [0.2, 0.25) is 0 Å². The van der Waals surface area contributed by atoms with Crippen molar-refractivity contribution in [1.82, 2.24) is 0 Å². The van der Waals surface area contributed by atoms with Gasteiger partial charge in [-0.15, -0.1) is 0 Å². The summed E-state index contributed by atoms with van der Waals surface area (Å²) in [5.41, 5.74) is -3.60. The summed E-state index contributed by atoms with van der Waals surface area (Å²) in [6.07, 6.45) is -26.7. The highest BCUT2D eigenvalue weighted by atomic mass is 16.8. The number of aliphatic hydroxyl groups excluding tert-OH is 13. The third-order valence-corrected chi connectivity index (χ3v) is 22.3. The van der Waals surface area contributed by atoms with Gasteiger partial charge in [0.05, 0.1) is 62.9 Å². The van der Waals surface area contributed by atoms with E-state index in [0.717, 1.165) is 25.7 Å². The van der Waals surface area contributed by atoms with Gasteiger partial charge in [0.2, 0.25) is 0 Å². The number of carbonyl (C=O) groups excluding carboxylic acids is 1. The second-order valence-corrected chi connectivity index (χ2v) is 26.7. The van der Waals surface area contributed by atoms with E-state index in [9.17, 15) is 71.2 Å². The van der Waals surface area contributed by atoms with E-state index in [1.165, 1.54) is 6.92 Å². The molecule has 24 heteroatoms. The molecule has 5 aliphatic heterocycles. The van der Waals surface area contributed by atoms with Gasteiger partial charge in [0.25, 0.3) is 0 Å². The van der Waals surface area contributed by atoms with Crippen molar-refractivity contribution in [3.63, 3.8) is 0 Å². The summed E-state index contributed by atoms with van der Waals surface area (Å²) in [6.45, 7) is 12.3. The molecule has 5 heterocycles. The van der Waals surface area contributed by atoms with Gasteiger partial charge in [-0.25, -0.2) is 0 Å². The Morgan fingerprint density at radius 2 is 1.18 bits per heavy atom.